The molecule has 0 aromatic heterocycles. The zero-order valence-electron chi connectivity index (χ0n) is 16.6. The molecule has 1 amide bonds. The molecule has 28 heavy (non-hydrogen) atoms. The van der Waals surface area contributed by atoms with E-state index < -0.39 is 0 Å². The van der Waals surface area contributed by atoms with E-state index in [0.29, 0.717) is 0 Å². The molecule has 0 saturated carbocycles. The Kier molecular flexibility index (Phi) is 3.90. The molecule has 3 aliphatic rings. The van der Waals surface area contributed by atoms with Gasteiger partial charge in [-0.1, -0.05) is 73.2 Å². The van der Waals surface area contributed by atoms with Crippen LogP contribution in [0.5, 0.6) is 0 Å². The summed E-state index contributed by atoms with van der Waals surface area (Å²) in [5.41, 5.74) is 8.69. The lowest BCUT2D eigenvalue weighted by atomic mass is 9.54. The number of nitrogens with one attached hydrogen (secondary N) is 1. The number of hydrogen-bond donors (Lipinski definition) is 1. The molecule has 2 nitrogen and oxygen atoms in total. The third kappa shape index (κ3) is 2.44. The van der Waals surface area contributed by atoms with Crippen LogP contribution in [0.25, 0.3) is 0 Å². The molecule has 140 valence electrons. The molecule has 0 unspecified atom stereocenters. The number of fused-ring (bicyclic) bond motifs is 1. The quantitative estimate of drug-likeness (QED) is 0.611. The second kappa shape index (κ2) is 6.34. The van der Waals surface area contributed by atoms with Crippen molar-refractivity contribution >= 4 is 11.6 Å². The third-order valence-corrected chi connectivity index (χ3v) is 6.73. The molecule has 2 heteroatoms. The van der Waals surface area contributed by atoms with Gasteiger partial charge in [-0.3, -0.25) is 4.79 Å². The fourth-order valence-corrected chi connectivity index (χ4v) is 5.51. The maximum atomic E-state index is 13.5. The molecule has 0 aliphatic heterocycles. The SMILES string of the molecule is Cc1ccc(NC(=O)[C@@H]2C3c4ccccc4C(c4ccccc43)[C@H]2C)c(C)c1. The molecule has 1 N–H and O–H groups in total. The Balaban J connectivity index is 1.59. The predicted octanol–water partition coefficient (Wildman–Crippen LogP) is 5.79. The first-order valence-electron chi connectivity index (χ1n) is 10.1. The van der Waals surface area contributed by atoms with Gasteiger partial charge in [-0.25, -0.2) is 0 Å². The van der Waals surface area contributed by atoms with Gasteiger partial charge >= 0.3 is 0 Å². The number of carbonyl (C=O) groups excluding carboxylic acids is 1. The molecule has 0 heterocycles. The predicted molar refractivity (Wildman–Crippen MR) is 114 cm³/mol. The fourth-order valence-electron chi connectivity index (χ4n) is 5.51. The van der Waals surface area contributed by atoms with Crippen molar-refractivity contribution in [1.82, 2.24) is 0 Å². The normalized spacial score (nSPS) is 24.4. The van der Waals surface area contributed by atoms with Gasteiger partial charge in [0.2, 0.25) is 5.91 Å². The average molecular weight is 367 g/mol. The van der Waals surface area contributed by atoms with Crippen molar-refractivity contribution < 1.29 is 4.79 Å². The van der Waals surface area contributed by atoms with Gasteiger partial charge in [0.15, 0.2) is 0 Å². The average Bonchev–Trinajstić information content (AvgIpc) is 2.70. The van der Waals surface area contributed by atoms with Crippen LogP contribution in [0, 0.1) is 25.7 Å². The molecule has 0 spiro atoms. The van der Waals surface area contributed by atoms with Crippen LogP contribution >= 0.6 is 0 Å². The van der Waals surface area contributed by atoms with Gasteiger partial charge in [-0.15, -0.1) is 0 Å². The Hall–Kier alpha value is -2.87. The van der Waals surface area contributed by atoms with Crippen LogP contribution in [0.1, 0.15) is 52.1 Å². The van der Waals surface area contributed by atoms with E-state index in [-0.39, 0.29) is 29.6 Å². The highest BCUT2D eigenvalue weighted by Gasteiger charge is 2.50. The second-order valence-electron chi connectivity index (χ2n) is 8.41. The van der Waals surface area contributed by atoms with Gasteiger partial charge in [0.25, 0.3) is 0 Å². The number of benzene rings is 3. The van der Waals surface area contributed by atoms with Gasteiger partial charge in [-0.2, -0.15) is 0 Å². The van der Waals surface area contributed by atoms with E-state index in [9.17, 15) is 4.79 Å². The fraction of sp³-hybridized carbons (Fsp3) is 0.269. The first-order chi connectivity index (χ1) is 13.6. The van der Waals surface area contributed by atoms with Crippen molar-refractivity contribution in [2.75, 3.05) is 5.32 Å². The molecule has 6 rings (SSSR count). The Morgan fingerprint density at radius 2 is 1.32 bits per heavy atom. The van der Waals surface area contributed by atoms with E-state index in [1.165, 1.54) is 27.8 Å². The van der Waals surface area contributed by atoms with E-state index in [1.54, 1.807) is 0 Å². The highest BCUT2D eigenvalue weighted by Crippen LogP contribution is 2.58. The van der Waals surface area contributed by atoms with Crippen molar-refractivity contribution in [1.29, 1.82) is 0 Å². The Labute approximate surface area is 166 Å². The molecule has 3 aliphatic carbocycles. The number of aryl methyl sites for hydroxylation is 2. The minimum atomic E-state index is -0.0597. The molecular weight excluding hydrogens is 342 g/mol. The van der Waals surface area contributed by atoms with Gasteiger partial charge in [-0.05, 0) is 53.6 Å². The molecule has 0 saturated heterocycles. The number of carbonyl (C=O) groups is 1. The van der Waals surface area contributed by atoms with Gasteiger partial charge in [0.05, 0.1) is 5.92 Å². The first-order valence-corrected chi connectivity index (χ1v) is 10.1. The van der Waals surface area contributed by atoms with Crippen molar-refractivity contribution in [2.45, 2.75) is 32.6 Å². The molecule has 3 aromatic rings. The Morgan fingerprint density at radius 1 is 0.786 bits per heavy atom. The summed E-state index contributed by atoms with van der Waals surface area (Å²) in [7, 11) is 0. The lowest BCUT2D eigenvalue weighted by Gasteiger charge is -2.49. The van der Waals surface area contributed by atoms with Crippen LogP contribution in [0.4, 0.5) is 5.69 Å². The Bertz CT molecular complexity index is 1040. The highest BCUT2D eigenvalue weighted by molar-refractivity contribution is 5.95. The molecular formula is C26H25NO. The van der Waals surface area contributed by atoms with Crippen LogP contribution < -0.4 is 5.32 Å². The highest BCUT2D eigenvalue weighted by atomic mass is 16.1. The maximum Gasteiger partial charge on any atom is 0.228 e. The molecule has 3 aromatic carbocycles. The number of hydrogen-bond acceptors (Lipinski definition) is 1. The maximum absolute atomic E-state index is 13.5. The van der Waals surface area contributed by atoms with Crippen LogP contribution in [-0.2, 0) is 4.79 Å². The number of amides is 1. The summed E-state index contributed by atoms with van der Waals surface area (Å²) in [6.07, 6.45) is 0. The van der Waals surface area contributed by atoms with Crippen molar-refractivity contribution in [2.24, 2.45) is 11.8 Å². The molecule has 2 atom stereocenters. The van der Waals surface area contributed by atoms with E-state index in [1.807, 2.05) is 6.07 Å². The number of rotatable bonds is 2. The summed E-state index contributed by atoms with van der Waals surface area (Å²) < 4.78 is 0. The molecule has 0 radical (unpaired) electrons. The summed E-state index contributed by atoms with van der Waals surface area (Å²) in [5.74, 6) is 0.750. The van der Waals surface area contributed by atoms with Crippen LogP contribution in [0.3, 0.4) is 0 Å². The van der Waals surface area contributed by atoms with E-state index in [2.05, 4.69) is 86.8 Å². The Morgan fingerprint density at radius 3 is 1.86 bits per heavy atom. The smallest absolute Gasteiger partial charge is 0.228 e. The van der Waals surface area contributed by atoms with Crippen LogP contribution in [-0.4, -0.2) is 5.91 Å². The minimum Gasteiger partial charge on any atom is -0.326 e. The lowest BCUT2D eigenvalue weighted by Crippen LogP contribution is -2.44. The summed E-state index contributed by atoms with van der Waals surface area (Å²) in [5, 5.41) is 3.25. The van der Waals surface area contributed by atoms with Gasteiger partial charge in [0, 0.05) is 17.5 Å². The first kappa shape index (κ1) is 17.2. The topological polar surface area (TPSA) is 29.1 Å². The van der Waals surface area contributed by atoms with Crippen LogP contribution in [0.15, 0.2) is 66.7 Å². The van der Waals surface area contributed by atoms with Gasteiger partial charge < -0.3 is 5.32 Å². The van der Waals surface area contributed by atoms with E-state index in [4.69, 9.17) is 0 Å². The lowest BCUT2D eigenvalue weighted by molar-refractivity contribution is -0.122. The van der Waals surface area contributed by atoms with Crippen molar-refractivity contribution in [3.05, 3.63) is 100 Å². The summed E-state index contributed by atoms with van der Waals surface area (Å²) in [6, 6.07) is 23.6. The van der Waals surface area contributed by atoms with E-state index >= 15 is 0 Å². The largest absolute Gasteiger partial charge is 0.326 e. The minimum absolute atomic E-state index is 0.0597. The van der Waals surface area contributed by atoms with Gasteiger partial charge in [0.1, 0.15) is 0 Å². The third-order valence-electron chi connectivity index (χ3n) is 6.73. The monoisotopic (exact) mass is 367 g/mol. The zero-order chi connectivity index (χ0) is 19.4. The summed E-state index contributed by atoms with van der Waals surface area (Å²) in [6.45, 7) is 6.38. The zero-order valence-corrected chi connectivity index (χ0v) is 16.6. The molecule has 2 bridgehead atoms. The van der Waals surface area contributed by atoms with Crippen molar-refractivity contribution in [3.8, 4) is 0 Å². The number of anilines is 1. The molecule has 0 fully saturated rings. The standard InChI is InChI=1S/C26H25NO/c1-15-12-13-22(16(2)14-15)27-26(28)24-17(3)23-18-8-4-6-10-20(18)25(24)21-11-7-5-9-19(21)23/h4-14,17,23-25H,1-3H3,(H,27,28)/t17-,23?,24+,25?/m1/s1. The van der Waals surface area contributed by atoms with Crippen LogP contribution in [0.2, 0.25) is 0 Å². The second-order valence-corrected chi connectivity index (χ2v) is 8.41. The van der Waals surface area contributed by atoms with Crippen molar-refractivity contribution in [3.63, 3.8) is 0 Å². The summed E-state index contributed by atoms with van der Waals surface area (Å²) in [4.78, 5) is 13.5. The van der Waals surface area contributed by atoms with E-state index in [0.717, 1.165) is 11.3 Å². The summed E-state index contributed by atoms with van der Waals surface area (Å²) >= 11 is 0.